The summed E-state index contributed by atoms with van der Waals surface area (Å²) in [6.07, 6.45) is 0.411. The normalized spacial score (nSPS) is 14.5. The molecule has 4 nitrogen and oxygen atoms in total. The van der Waals surface area contributed by atoms with Gasteiger partial charge in [-0.3, -0.25) is 9.59 Å². The predicted molar refractivity (Wildman–Crippen MR) is 62.8 cm³/mol. The highest BCUT2D eigenvalue weighted by atomic mass is 35.5. The zero-order valence-electron chi connectivity index (χ0n) is 8.89. The van der Waals surface area contributed by atoms with E-state index in [0.29, 0.717) is 12.1 Å². The molecule has 0 radical (unpaired) electrons. The molecule has 0 fully saturated rings. The summed E-state index contributed by atoms with van der Waals surface area (Å²) in [5.41, 5.74) is 1.38. The van der Waals surface area contributed by atoms with Crippen LogP contribution in [0.5, 0.6) is 0 Å². The first kappa shape index (κ1) is 11.7. The molecule has 0 aliphatic carbocycles. The van der Waals surface area contributed by atoms with Crippen molar-refractivity contribution >= 4 is 23.3 Å². The summed E-state index contributed by atoms with van der Waals surface area (Å²) in [7, 11) is 0. The minimum Gasteiger partial charge on any atom is -0.293 e. The Morgan fingerprint density at radius 2 is 1.88 bits per heavy atom. The molecule has 1 aliphatic rings. The summed E-state index contributed by atoms with van der Waals surface area (Å²) >= 11 is 5.45. The van der Waals surface area contributed by atoms with Gasteiger partial charge in [0.25, 0.3) is 0 Å². The molecule has 0 atom stereocenters. The number of hydrogen-bond acceptors (Lipinski definition) is 3. The van der Waals surface area contributed by atoms with Crippen LogP contribution in [0.2, 0.25) is 0 Å². The van der Waals surface area contributed by atoms with Gasteiger partial charge in [-0.05, 0) is 5.56 Å². The molecule has 86 valence electrons. The largest absolute Gasteiger partial charge is 0.300 e. The third-order valence-electron chi connectivity index (χ3n) is 2.38. The number of azo groups is 1. The zero-order chi connectivity index (χ0) is 12.3. The van der Waals surface area contributed by atoms with Crippen LogP contribution in [-0.2, 0) is 16.0 Å². The number of allylic oxidation sites excluding steroid dienone is 1. The van der Waals surface area contributed by atoms with Gasteiger partial charge in [0, 0.05) is 6.42 Å². The molecule has 0 saturated carbocycles. The van der Waals surface area contributed by atoms with E-state index in [-0.39, 0.29) is 11.5 Å². The first-order valence-electron chi connectivity index (χ1n) is 5.04. The Bertz CT molecular complexity index is 521. The van der Waals surface area contributed by atoms with E-state index >= 15 is 0 Å². The van der Waals surface area contributed by atoms with Gasteiger partial charge >= 0.3 is 5.91 Å². The van der Waals surface area contributed by atoms with Crippen molar-refractivity contribution in [3.63, 3.8) is 0 Å². The van der Waals surface area contributed by atoms with Crippen molar-refractivity contribution in [2.75, 3.05) is 5.88 Å². The fourth-order valence-electron chi connectivity index (χ4n) is 1.59. The average Bonchev–Trinajstić information content (AvgIpc) is 2.71. The molecular formula is C12H9ClN2O2. The van der Waals surface area contributed by atoms with Crippen molar-refractivity contribution in [1.29, 1.82) is 0 Å². The van der Waals surface area contributed by atoms with E-state index in [4.69, 9.17) is 11.6 Å². The molecule has 0 unspecified atom stereocenters. The Labute approximate surface area is 103 Å². The van der Waals surface area contributed by atoms with Crippen LogP contribution >= 0.6 is 11.6 Å². The second kappa shape index (κ2) is 5.01. The van der Waals surface area contributed by atoms with Crippen molar-refractivity contribution in [3.05, 3.63) is 47.2 Å². The standard InChI is InChI=1S/C12H9ClN2O2/c13-7-10(16)11-9(14-15-12(11)17)6-8-4-2-1-3-5-8/h1-5H,6-7H2. The molecule has 17 heavy (non-hydrogen) atoms. The number of Topliss-reactive ketones (excluding diaryl/α,β-unsaturated/α-hetero) is 1. The second-order valence-electron chi connectivity index (χ2n) is 3.55. The molecular weight excluding hydrogens is 240 g/mol. The molecule has 1 amide bonds. The Hall–Kier alpha value is -1.81. The molecule has 5 heteroatoms. The van der Waals surface area contributed by atoms with Crippen molar-refractivity contribution in [3.8, 4) is 0 Å². The summed E-state index contributed by atoms with van der Waals surface area (Å²) in [4.78, 5) is 22.9. The van der Waals surface area contributed by atoms with Crippen LogP contribution in [0.25, 0.3) is 0 Å². The number of hydrogen-bond donors (Lipinski definition) is 0. The van der Waals surface area contributed by atoms with E-state index in [2.05, 4.69) is 10.2 Å². The quantitative estimate of drug-likeness (QED) is 0.606. The van der Waals surface area contributed by atoms with Crippen molar-refractivity contribution in [1.82, 2.24) is 0 Å². The van der Waals surface area contributed by atoms with Crippen LogP contribution in [0.15, 0.2) is 51.8 Å². The Morgan fingerprint density at radius 1 is 1.18 bits per heavy atom. The van der Waals surface area contributed by atoms with Gasteiger partial charge < -0.3 is 0 Å². The number of halogens is 1. The summed E-state index contributed by atoms with van der Waals surface area (Å²) in [5.74, 6) is -1.25. The first-order valence-corrected chi connectivity index (χ1v) is 5.58. The Balaban J connectivity index is 2.30. The van der Waals surface area contributed by atoms with Gasteiger partial charge in [0.05, 0.1) is 11.6 Å². The van der Waals surface area contributed by atoms with E-state index in [9.17, 15) is 9.59 Å². The molecule has 0 bridgehead atoms. The molecule has 0 spiro atoms. The molecule has 0 saturated heterocycles. The van der Waals surface area contributed by atoms with Gasteiger partial charge in [-0.2, -0.15) is 5.11 Å². The van der Waals surface area contributed by atoms with E-state index in [1.54, 1.807) is 0 Å². The van der Waals surface area contributed by atoms with Gasteiger partial charge in [-0.15, -0.1) is 16.7 Å². The van der Waals surface area contributed by atoms with E-state index in [1.807, 2.05) is 30.3 Å². The minimum absolute atomic E-state index is 0.0175. The lowest BCUT2D eigenvalue weighted by Gasteiger charge is -2.01. The Morgan fingerprint density at radius 3 is 2.53 bits per heavy atom. The second-order valence-corrected chi connectivity index (χ2v) is 3.81. The highest BCUT2D eigenvalue weighted by Gasteiger charge is 2.26. The lowest BCUT2D eigenvalue weighted by molar-refractivity contribution is -0.119. The lowest BCUT2D eigenvalue weighted by atomic mass is 10.0. The van der Waals surface area contributed by atoms with E-state index in [0.717, 1.165) is 5.56 Å². The van der Waals surface area contributed by atoms with Gasteiger partial charge in [0.15, 0.2) is 5.78 Å². The van der Waals surface area contributed by atoms with E-state index < -0.39 is 11.7 Å². The highest BCUT2D eigenvalue weighted by Crippen LogP contribution is 2.22. The van der Waals surface area contributed by atoms with Crippen LogP contribution < -0.4 is 0 Å². The maximum absolute atomic E-state index is 11.5. The number of ketones is 1. The molecule has 1 aliphatic heterocycles. The molecule has 1 aromatic rings. The number of benzene rings is 1. The highest BCUT2D eigenvalue weighted by molar-refractivity contribution is 6.35. The first-order chi connectivity index (χ1) is 8.22. The molecule has 0 aromatic heterocycles. The van der Waals surface area contributed by atoms with Gasteiger partial charge in [-0.25, -0.2) is 0 Å². The summed E-state index contributed by atoms with van der Waals surface area (Å²) in [6, 6.07) is 9.45. The molecule has 1 aromatic carbocycles. The number of rotatable bonds is 4. The molecule has 0 N–H and O–H groups in total. The lowest BCUT2D eigenvalue weighted by Crippen LogP contribution is -2.12. The monoisotopic (exact) mass is 248 g/mol. The average molecular weight is 249 g/mol. The van der Waals surface area contributed by atoms with Crippen LogP contribution in [0.1, 0.15) is 5.56 Å². The fraction of sp³-hybridized carbons (Fsp3) is 0.167. The Kier molecular flexibility index (Phi) is 3.44. The van der Waals surface area contributed by atoms with Gasteiger partial charge in [0.2, 0.25) is 0 Å². The SMILES string of the molecule is O=C(CCl)C1=C(Cc2ccccc2)N=NC1=O. The van der Waals surface area contributed by atoms with Crippen molar-refractivity contribution < 1.29 is 9.59 Å². The number of nitrogens with zero attached hydrogens (tertiary/aromatic N) is 2. The van der Waals surface area contributed by atoms with Gasteiger partial charge in [-0.1, -0.05) is 30.3 Å². The topological polar surface area (TPSA) is 58.9 Å². The number of amides is 1. The molecule has 2 rings (SSSR count). The van der Waals surface area contributed by atoms with Crippen LogP contribution in [-0.4, -0.2) is 17.6 Å². The van der Waals surface area contributed by atoms with Crippen molar-refractivity contribution in [2.45, 2.75) is 6.42 Å². The van der Waals surface area contributed by atoms with Crippen LogP contribution in [0.3, 0.4) is 0 Å². The number of carbonyl (C=O) groups is 2. The fourth-order valence-corrected chi connectivity index (χ4v) is 1.72. The third-order valence-corrected chi connectivity index (χ3v) is 2.62. The zero-order valence-corrected chi connectivity index (χ0v) is 9.65. The van der Waals surface area contributed by atoms with Crippen molar-refractivity contribution in [2.24, 2.45) is 10.2 Å². The third kappa shape index (κ3) is 2.47. The summed E-state index contributed by atoms with van der Waals surface area (Å²) in [6.45, 7) is 0. The smallest absolute Gasteiger partial charge is 0.293 e. The maximum atomic E-state index is 11.5. The number of carbonyl (C=O) groups excluding carboxylic acids is 2. The van der Waals surface area contributed by atoms with Crippen LogP contribution in [0, 0.1) is 0 Å². The minimum atomic E-state index is -0.596. The maximum Gasteiger partial charge on any atom is 0.300 e. The summed E-state index contributed by atoms with van der Waals surface area (Å²) < 4.78 is 0. The van der Waals surface area contributed by atoms with Crippen LogP contribution in [0.4, 0.5) is 0 Å². The summed E-state index contributed by atoms with van der Waals surface area (Å²) in [5, 5.41) is 7.13. The predicted octanol–water partition coefficient (Wildman–Crippen LogP) is 2.28. The van der Waals surface area contributed by atoms with Gasteiger partial charge in [0.1, 0.15) is 5.57 Å². The van der Waals surface area contributed by atoms with E-state index in [1.165, 1.54) is 0 Å². The molecule has 1 heterocycles. The number of alkyl halides is 1.